The minimum atomic E-state index is -0.474. The molecular formula is C13H14FN3O. The molecule has 0 unspecified atom stereocenters. The third-order valence-corrected chi connectivity index (χ3v) is 2.51. The Morgan fingerprint density at radius 3 is 2.89 bits per heavy atom. The molecule has 0 bridgehead atoms. The largest absolute Gasteiger partial charge is 0.494 e. The maximum Gasteiger partial charge on any atom is 0.167 e. The molecule has 94 valence electrons. The van der Waals surface area contributed by atoms with Gasteiger partial charge in [0, 0.05) is 18.3 Å². The lowest BCUT2D eigenvalue weighted by atomic mass is 10.2. The summed E-state index contributed by atoms with van der Waals surface area (Å²) >= 11 is 0. The van der Waals surface area contributed by atoms with Gasteiger partial charge < -0.3 is 15.8 Å². The van der Waals surface area contributed by atoms with Gasteiger partial charge in [0.1, 0.15) is 0 Å². The first-order chi connectivity index (χ1) is 8.70. The fourth-order valence-corrected chi connectivity index (χ4v) is 1.57. The van der Waals surface area contributed by atoms with E-state index in [0.29, 0.717) is 17.9 Å². The summed E-state index contributed by atoms with van der Waals surface area (Å²) in [6.45, 7) is 0.514. The van der Waals surface area contributed by atoms with Crippen LogP contribution < -0.4 is 15.8 Å². The van der Waals surface area contributed by atoms with Crippen LogP contribution in [0.5, 0.6) is 5.75 Å². The summed E-state index contributed by atoms with van der Waals surface area (Å²) in [7, 11) is 1.41. The summed E-state index contributed by atoms with van der Waals surface area (Å²) in [6, 6.07) is 8.41. The number of aromatic nitrogens is 1. The average Bonchev–Trinajstić information content (AvgIpc) is 2.39. The van der Waals surface area contributed by atoms with Crippen molar-refractivity contribution in [2.45, 2.75) is 6.54 Å². The van der Waals surface area contributed by atoms with Crippen molar-refractivity contribution < 1.29 is 9.13 Å². The van der Waals surface area contributed by atoms with Gasteiger partial charge in [-0.3, -0.25) is 4.98 Å². The van der Waals surface area contributed by atoms with Gasteiger partial charge in [-0.1, -0.05) is 6.07 Å². The number of nitrogens with one attached hydrogen (secondary N) is 1. The Morgan fingerprint density at radius 2 is 2.22 bits per heavy atom. The number of rotatable bonds is 4. The van der Waals surface area contributed by atoms with E-state index >= 15 is 0 Å². The highest BCUT2D eigenvalue weighted by molar-refractivity contribution is 5.68. The molecule has 0 saturated carbocycles. The third-order valence-electron chi connectivity index (χ3n) is 2.51. The molecule has 0 aliphatic rings. The number of nitrogens with two attached hydrogens (primary N) is 1. The number of anilines is 2. The standard InChI is InChI=1S/C13H14FN3O/c1-18-13-7-12(11(15)6-10(13)14)17-8-9-4-2-3-5-16-9/h2-7,17H,8,15H2,1H3. The first-order valence-corrected chi connectivity index (χ1v) is 5.47. The summed E-state index contributed by atoms with van der Waals surface area (Å²) < 4.78 is 18.3. The third kappa shape index (κ3) is 2.68. The van der Waals surface area contributed by atoms with Gasteiger partial charge in [0.25, 0.3) is 0 Å². The number of hydrogen-bond donors (Lipinski definition) is 2. The predicted octanol–water partition coefficient (Wildman–Crippen LogP) is 2.42. The Morgan fingerprint density at radius 1 is 1.39 bits per heavy atom. The van der Waals surface area contributed by atoms with Crippen LogP contribution in [0.25, 0.3) is 0 Å². The number of pyridine rings is 1. The molecule has 0 aliphatic heterocycles. The van der Waals surface area contributed by atoms with Crippen LogP contribution in [0.3, 0.4) is 0 Å². The minimum absolute atomic E-state index is 0.160. The molecule has 3 N–H and O–H groups in total. The highest BCUT2D eigenvalue weighted by Crippen LogP contribution is 2.28. The van der Waals surface area contributed by atoms with Gasteiger partial charge in [0.15, 0.2) is 11.6 Å². The van der Waals surface area contributed by atoms with Crippen LogP contribution in [0, 0.1) is 5.82 Å². The van der Waals surface area contributed by atoms with Crippen LogP contribution >= 0.6 is 0 Å². The molecule has 0 radical (unpaired) electrons. The SMILES string of the molecule is COc1cc(NCc2ccccn2)c(N)cc1F. The lowest BCUT2D eigenvalue weighted by Crippen LogP contribution is -2.05. The molecule has 2 aromatic rings. The Bertz CT molecular complexity index is 531. The molecule has 1 aromatic carbocycles. The topological polar surface area (TPSA) is 60.2 Å². The number of halogens is 1. The predicted molar refractivity (Wildman–Crippen MR) is 68.9 cm³/mol. The molecule has 2 rings (SSSR count). The molecule has 0 aliphatic carbocycles. The Hall–Kier alpha value is -2.30. The molecule has 0 fully saturated rings. The molecule has 0 amide bonds. The van der Waals surface area contributed by atoms with E-state index < -0.39 is 5.82 Å². The van der Waals surface area contributed by atoms with E-state index in [4.69, 9.17) is 10.5 Å². The summed E-state index contributed by atoms with van der Waals surface area (Å²) in [5.74, 6) is -0.314. The van der Waals surface area contributed by atoms with Crippen LogP contribution in [0.1, 0.15) is 5.69 Å². The van der Waals surface area contributed by atoms with Crippen LogP contribution in [0.15, 0.2) is 36.5 Å². The van der Waals surface area contributed by atoms with E-state index in [1.807, 2.05) is 18.2 Å². The van der Waals surface area contributed by atoms with E-state index in [1.165, 1.54) is 19.2 Å². The van der Waals surface area contributed by atoms with E-state index in [9.17, 15) is 4.39 Å². The van der Waals surface area contributed by atoms with Crippen molar-refractivity contribution in [1.82, 2.24) is 4.98 Å². The average molecular weight is 247 g/mol. The van der Waals surface area contributed by atoms with E-state index in [-0.39, 0.29) is 5.75 Å². The van der Waals surface area contributed by atoms with Gasteiger partial charge in [0.2, 0.25) is 0 Å². The summed E-state index contributed by atoms with van der Waals surface area (Å²) in [5, 5.41) is 3.10. The van der Waals surface area contributed by atoms with Crippen LogP contribution in [0.4, 0.5) is 15.8 Å². The van der Waals surface area contributed by atoms with Crippen molar-refractivity contribution in [2.24, 2.45) is 0 Å². The summed E-state index contributed by atoms with van der Waals surface area (Å²) in [4.78, 5) is 4.17. The molecule has 4 nitrogen and oxygen atoms in total. The lowest BCUT2D eigenvalue weighted by Gasteiger charge is -2.11. The fraction of sp³-hybridized carbons (Fsp3) is 0.154. The summed E-state index contributed by atoms with van der Waals surface area (Å²) in [5.41, 5.74) is 7.57. The number of methoxy groups -OCH3 is 1. The smallest absolute Gasteiger partial charge is 0.167 e. The molecular weight excluding hydrogens is 233 g/mol. The minimum Gasteiger partial charge on any atom is -0.494 e. The quantitative estimate of drug-likeness (QED) is 0.814. The van der Waals surface area contributed by atoms with Gasteiger partial charge in [0.05, 0.1) is 30.7 Å². The Kier molecular flexibility index (Phi) is 3.62. The zero-order valence-electron chi connectivity index (χ0n) is 9.98. The number of benzene rings is 1. The molecule has 1 aromatic heterocycles. The molecule has 0 spiro atoms. The summed E-state index contributed by atoms with van der Waals surface area (Å²) in [6.07, 6.45) is 1.71. The number of nitrogens with zero attached hydrogens (tertiary/aromatic N) is 1. The number of nitrogen functional groups attached to an aromatic ring is 1. The first kappa shape index (κ1) is 12.2. The van der Waals surface area contributed by atoms with Crippen molar-refractivity contribution in [3.05, 3.63) is 48.0 Å². The van der Waals surface area contributed by atoms with E-state index in [2.05, 4.69) is 10.3 Å². The van der Waals surface area contributed by atoms with Crippen molar-refractivity contribution in [3.8, 4) is 5.75 Å². The van der Waals surface area contributed by atoms with Crippen LogP contribution in [0.2, 0.25) is 0 Å². The van der Waals surface area contributed by atoms with E-state index in [1.54, 1.807) is 6.20 Å². The second kappa shape index (κ2) is 5.35. The lowest BCUT2D eigenvalue weighted by molar-refractivity contribution is 0.387. The Balaban J connectivity index is 2.14. The molecule has 1 heterocycles. The molecule has 0 saturated heterocycles. The van der Waals surface area contributed by atoms with Crippen molar-refractivity contribution in [1.29, 1.82) is 0 Å². The van der Waals surface area contributed by atoms with Gasteiger partial charge in [-0.15, -0.1) is 0 Å². The maximum absolute atomic E-state index is 13.3. The van der Waals surface area contributed by atoms with Crippen molar-refractivity contribution in [3.63, 3.8) is 0 Å². The normalized spacial score (nSPS) is 10.1. The van der Waals surface area contributed by atoms with Gasteiger partial charge >= 0.3 is 0 Å². The second-order valence-corrected chi connectivity index (χ2v) is 3.75. The monoisotopic (exact) mass is 247 g/mol. The van der Waals surface area contributed by atoms with Gasteiger partial charge in [-0.05, 0) is 12.1 Å². The fourth-order valence-electron chi connectivity index (χ4n) is 1.57. The Labute approximate surface area is 105 Å². The molecule has 18 heavy (non-hydrogen) atoms. The highest BCUT2D eigenvalue weighted by Gasteiger charge is 2.08. The van der Waals surface area contributed by atoms with E-state index in [0.717, 1.165) is 5.69 Å². The maximum atomic E-state index is 13.3. The first-order valence-electron chi connectivity index (χ1n) is 5.47. The molecule has 5 heteroatoms. The highest BCUT2D eigenvalue weighted by atomic mass is 19.1. The van der Waals surface area contributed by atoms with Crippen LogP contribution in [-0.2, 0) is 6.54 Å². The van der Waals surface area contributed by atoms with Crippen molar-refractivity contribution in [2.75, 3.05) is 18.2 Å². The molecule has 0 atom stereocenters. The van der Waals surface area contributed by atoms with Crippen LogP contribution in [-0.4, -0.2) is 12.1 Å². The number of hydrogen-bond acceptors (Lipinski definition) is 4. The van der Waals surface area contributed by atoms with Crippen molar-refractivity contribution >= 4 is 11.4 Å². The van der Waals surface area contributed by atoms with Gasteiger partial charge in [-0.25, -0.2) is 4.39 Å². The zero-order valence-corrected chi connectivity index (χ0v) is 9.98. The number of ether oxygens (including phenoxy) is 1. The zero-order chi connectivity index (χ0) is 13.0. The van der Waals surface area contributed by atoms with Gasteiger partial charge in [-0.2, -0.15) is 0 Å². The second-order valence-electron chi connectivity index (χ2n) is 3.75.